The van der Waals surface area contributed by atoms with Crippen LogP contribution in [0.5, 0.6) is 0 Å². The van der Waals surface area contributed by atoms with Gasteiger partial charge in [-0.1, -0.05) is 18.5 Å². The summed E-state index contributed by atoms with van der Waals surface area (Å²) in [5.74, 6) is 1.65. The van der Waals surface area contributed by atoms with Gasteiger partial charge in [-0.05, 0) is 34.1 Å². The summed E-state index contributed by atoms with van der Waals surface area (Å²) in [5, 5.41) is 3.90. The Labute approximate surface area is 103 Å². The van der Waals surface area contributed by atoms with Crippen molar-refractivity contribution in [3.8, 4) is 0 Å². The van der Waals surface area contributed by atoms with Crippen molar-refractivity contribution in [2.75, 3.05) is 5.32 Å². The molecule has 1 N–H and O–H groups in total. The molecule has 0 amide bonds. The molecule has 1 aromatic rings. The molecule has 0 aliphatic carbocycles. The van der Waals surface area contributed by atoms with E-state index in [-0.39, 0.29) is 5.54 Å². The van der Waals surface area contributed by atoms with Gasteiger partial charge in [0.1, 0.15) is 16.8 Å². The lowest BCUT2D eigenvalue weighted by molar-refractivity contribution is 0.627. The number of rotatable bonds is 3. The van der Waals surface area contributed by atoms with Gasteiger partial charge in [-0.25, -0.2) is 9.97 Å². The maximum Gasteiger partial charge on any atom is 0.137 e. The highest BCUT2D eigenvalue weighted by atomic mass is 35.5. The lowest BCUT2D eigenvalue weighted by Crippen LogP contribution is -2.27. The Bertz CT molecular complexity index is 369. The topological polar surface area (TPSA) is 37.8 Å². The molecule has 0 aliphatic heterocycles. The van der Waals surface area contributed by atoms with E-state index >= 15 is 0 Å². The SMILES string of the molecule is CCCc1nc(Cl)c(C)c(NC(C)(C)C)n1. The van der Waals surface area contributed by atoms with Crippen LogP contribution in [-0.2, 0) is 6.42 Å². The molecule has 0 saturated carbocycles. The highest BCUT2D eigenvalue weighted by Crippen LogP contribution is 2.23. The summed E-state index contributed by atoms with van der Waals surface area (Å²) >= 11 is 6.09. The smallest absolute Gasteiger partial charge is 0.137 e. The number of hydrogen-bond acceptors (Lipinski definition) is 3. The van der Waals surface area contributed by atoms with E-state index in [4.69, 9.17) is 11.6 Å². The number of nitrogens with one attached hydrogen (secondary N) is 1. The van der Waals surface area contributed by atoms with Crippen molar-refractivity contribution in [1.29, 1.82) is 0 Å². The zero-order valence-corrected chi connectivity index (χ0v) is 11.4. The first-order valence-electron chi connectivity index (χ1n) is 5.64. The number of nitrogens with zero attached hydrogens (tertiary/aromatic N) is 2. The zero-order valence-electron chi connectivity index (χ0n) is 10.7. The molecule has 0 aromatic carbocycles. The van der Waals surface area contributed by atoms with Crippen molar-refractivity contribution >= 4 is 17.4 Å². The molecule has 0 aliphatic rings. The van der Waals surface area contributed by atoms with Crippen LogP contribution in [0.4, 0.5) is 5.82 Å². The number of halogens is 1. The molecule has 0 radical (unpaired) electrons. The van der Waals surface area contributed by atoms with Gasteiger partial charge >= 0.3 is 0 Å². The second-order valence-corrected chi connectivity index (χ2v) is 5.39. The largest absolute Gasteiger partial charge is 0.365 e. The maximum atomic E-state index is 6.09. The molecule has 90 valence electrons. The van der Waals surface area contributed by atoms with E-state index in [2.05, 4.69) is 43.0 Å². The van der Waals surface area contributed by atoms with Crippen molar-refractivity contribution in [3.63, 3.8) is 0 Å². The molecule has 0 saturated heterocycles. The molecule has 1 rings (SSSR count). The predicted octanol–water partition coefficient (Wildman–Crippen LogP) is 3.60. The van der Waals surface area contributed by atoms with Gasteiger partial charge in [0.25, 0.3) is 0 Å². The Kier molecular flexibility index (Phi) is 4.14. The van der Waals surface area contributed by atoms with Gasteiger partial charge in [0.2, 0.25) is 0 Å². The molecule has 0 atom stereocenters. The number of aryl methyl sites for hydroxylation is 1. The minimum Gasteiger partial charge on any atom is -0.365 e. The molecule has 0 spiro atoms. The van der Waals surface area contributed by atoms with Crippen LogP contribution in [0.2, 0.25) is 5.15 Å². The Morgan fingerprint density at radius 3 is 2.38 bits per heavy atom. The highest BCUT2D eigenvalue weighted by Gasteiger charge is 2.15. The Morgan fingerprint density at radius 1 is 1.25 bits per heavy atom. The third kappa shape index (κ3) is 3.63. The van der Waals surface area contributed by atoms with Gasteiger partial charge in [-0.3, -0.25) is 0 Å². The number of aromatic nitrogens is 2. The fourth-order valence-corrected chi connectivity index (χ4v) is 1.53. The first-order chi connectivity index (χ1) is 7.33. The van der Waals surface area contributed by atoms with Crippen LogP contribution in [0.3, 0.4) is 0 Å². The Morgan fingerprint density at radius 2 is 1.88 bits per heavy atom. The van der Waals surface area contributed by atoms with Crippen LogP contribution in [0, 0.1) is 6.92 Å². The van der Waals surface area contributed by atoms with Crippen LogP contribution < -0.4 is 5.32 Å². The average Bonchev–Trinajstić information content (AvgIpc) is 2.11. The fourth-order valence-electron chi connectivity index (χ4n) is 1.35. The molecular formula is C12H20ClN3. The van der Waals surface area contributed by atoms with Crippen LogP contribution in [0.25, 0.3) is 0 Å². The standard InChI is InChI=1S/C12H20ClN3/c1-6-7-9-14-10(13)8(2)11(15-9)16-12(3,4)5/h6-7H2,1-5H3,(H,14,15,16). The van der Waals surface area contributed by atoms with Crippen molar-refractivity contribution in [2.45, 2.75) is 53.0 Å². The zero-order chi connectivity index (χ0) is 12.3. The molecule has 0 fully saturated rings. The van der Waals surface area contributed by atoms with E-state index in [1.165, 1.54) is 0 Å². The van der Waals surface area contributed by atoms with Gasteiger partial charge in [-0.2, -0.15) is 0 Å². The van der Waals surface area contributed by atoms with Gasteiger partial charge < -0.3 is 5.32 Å². The van der Waals surface area contributed by atoms with Crippen molar-refractivity contribution in [3.05, 3.63) is 16.5 Å². The Hall–Kier alpha value is -0.830. The summed E-state index contributed by atoms with van der Waals surface area (Å²) in [6.07, 6.45) is 1.88. The quantitative estimate of drug-likeness (QED) is 0.822. The van der Waals surface area contributed by atoms with Crippen molar-refractivity contribution < 1.29 is 0 Å². The summed E-state index contributed by atoms with van der Waals surface area (Å²) in [6, 6.07) is 0. The molecular weight excluding hydrogens is 222 g/mol. The van der Waals surface area contributed by atoms with Gasteiger partial charge in [-0.15, -0.1) is 0 Å². The summed E-state index contributed by atoms with van der Waals surface area (Å²) in [4.78, 5) is 8.77. The summed E-state index contributed by atoms with van der Waals surface area (Å²) < 4.78 is 0. The predicted molar refractivity (Wildman–Crippen MR) is 69.1 cm³/mol. The van der Waals surface area contributed by atoms with Gasteiger partial charge in [0.05, 0.1) is 0 Å². The summed E-state index contributed by atoms with van der Waals surface area (Å²) in [6.45, 7) is 10.3. The van der Waals surface area contributed by atoms with E-state index in [1.807, 2.05) is 6.92 Å². The van der Waals surface area contributed by atoms with E-state index in [1.54, 1.807) is 0 Å². The highest BCUT2D eigenvalue weighted by molar-refractivity contribution is 6.30. The molecule has 0 bridgehead atoms. The molecule has 0 unspecified atom stereocenters. The van der Waals surface area contributed by atoms with E-state index < -0.39 is 0 Å². The number of hydrogen-bond donors (Lipinski definition) is 1. The van der Waals surface area contributed by atoms with Crippen molar-refractivity contribution in [1.82, 2.24) is 9.97 Å². The normalized spacial score (nSPS) is 11.6. The third-order valence-electron chi connectivity index (χ3n) is 2.10. The molecule has 1 heterocycles. The number of anilines is 1. The van der Waals surface area contributed by atoms with Gasteiger partial charge in [0.15, 0.2) is 0 Å². The molecule has 1 aromatic heterocycles. The van der Waals surface area contributed by atoms with Crippen LogP contribution in [-0.4, -0.2) is 15.5 Å². The van der Waals surface area contributed by atoms with Crippen LogP contribution >= 0.6 is 11.6 Å². The minimum absolute atomic E-state index is 0.0219. The van der Waals surface area contributed by atoms with E-state index in [9.17, 15) is 0 Å². The second kappa shape index (κ2) is 5.00. The lowest BCUT2D eigenvalue weighted by Gasteiger charge is -2.23. The second-order valence-electron chi connectivity index (χ2n) is 5.03. The summed E-state index contributed by atoms with van der Waals surface area (Å²) in [5.41, 5.74) is 0.891. The van der Waals surface area contributed by atoms with Crippen molar-refractivity contribution in [2.24, 2.45) is 0 Å². The first kappa shape index (κ1) is 13.2. The molecule has 4 heteroatoms. The van der Waals surface area contributed by atoms with E-state index in [0.717, 1.165) is 30.0 Å². The third-order valence-corrected chi connectivity index (χ3v) is 2.47. The fraction of sp³-hybridized carbons (Fsp3) is 0.667. The minimum atomic E-state index is -0.0219. The van der Waals surface area contributed by atoms with Crippen LogP contribution in [0.1, 0.15) is 45.5 Å². The van der Waals surface area contributed by atoms with Crippen LogP contribution in [0.15, 0.2) is 0 Å². The summed E-state index contributed by atoms with van der Waals surface area (Å²) in [7, 11) is 0. The molecule has 3 nitrogen and oxygen atoms in total. The molecule has 16 heavy (non-hydrogen) atoms. The van der Waals surface area contributed by atoms with E-state index in [0.29, 0.717) is 5.15 Å². The lowest BCUT2D eigenvalue weighted by atomic mass is 10.1. The first-order valence-corrected chi connectivity index (χ1v) is 6.02. The maximum absolute atomic E-state index is 6.09. The Balaban J connectivity index is 3.06. The average molecular weight is 242 g/mol. The van der Waals surface area contributed by atoms with Gasteiger partial charge in [0, 0.05) is 17.5 Å². The monoisotopic (exact) mass is 241 g/mol.